The molecule has 0 saturated heterocycles. The molecule has 2 aromatic carbocycles. The molecule has 33 heavy (non-hydrogen) atoms. The highest BCUT2D eigenvalue weighted by atomic mass is 19.1. The van der Waals surface area contributed by atoms with Gasteiger partial charge in [-0.25, -0.2) is 9.18 Å². The van der Waals surface area contributed by atoms with Gasteiger partial charge in [-0.05, 0) is 55.8 Å². The quantitative estimate of drug-likeness (QED) is 0.323. The van der Waals surface area contributed by atoms with Crippen LogP contribution in [0.2, 0.25) is 0 Å². The Labute approximate surface area is 189 Å². The molecule has 3 aromatic rings. The Balaban J connectivity index is 1.72. The zero-order chi connectivity index (χ0) is 23.6. The number of aliphatic carboxylic acids is 1. The lowest BCUT2D eigenvalue weighted by Crippen LogP contribution is -2.26. The van der Waals surface area contributed by atoms with E-state index in [9.17, 15) is 14.3 Å². The summed E-state index contributed by atoms with van der Waals surface area (Å²) in [6.45, 7) is 4.11. The van der Waals surface area contributed by atoms with Gasteiger partial charge in [-0.1, -0.05) is 17.3 Å². The Hall–Kier alpha value is -3.79. The van der Waals surface area contributed by atoms with Crippen LogP contribution in [0.3, 0.4) is 0 Å². The van der Waals surface area contributed by atoms with Crippen molar-refractivity contribution >= 4 is 11.7 Å². The van der Waals surface area contributed by atoms with Gasteiger partial charge in [-0.3, -0.25) is 0 Å². The fourth-order valence-electron chi connectivity index (χ4n) is 2.87. The van der Waals surface area contributed by atoms with E-state index in [-0.39, 0.29) is 36.3 Å². The molecule has 3 rings (SSSR count). The maximum absolute atomic E-state index is 13.2. The number of halogens is 1. The Bertz CT molecular complexity index is 1080. The Morgan fingerprint density at radius 2 is 1.94 bits per heavy atom. The van der Waals surface area contributed by atoms with E-state index in [4.69, 9.17) is 18.7 Å². The fourth-order valence-corrected chi connectivity index (χ4v) is 2.87. The first-order valence-electron chi connectivity index (χ1n) is 10.3. The highest BCUT2D eigenvalue weighted by molar-refractivity contribution is 5.97. The van der Waals surface area contributed by atoms with Gasteiger partial charge < -0.3 is 23.8 Å². The van der Waals surface area contributed by atoms with Crippen LogP contribution < -0.4 is 4.74 Å². The predicted octanol–water partition coefficient (Wildman–Crippen LogP) is 3.73. The number of carbonyl (C=O) groups is 1. The monoisotopic (exact) mass is 457 g/mol. The highest BCUT2D eigenvalue weighted by Crippen LogP contribution is 2.20. The second-order valence-corrected chi connectivity index (χ2v) is 6.80. The van der Waals surface area contributed by atoms with Gasteiger partial charge in [0, 0.05) is 18.6 Å². The third-order valence-electron chi connectivity index (χ3n) is 4.41. The van der Waals surface area contributed by atoms with Gasteiger partial charge in [-0.15, -0.1) is 10.2 Å². The summed E-state index contributed by atoms with van der Waals surface area (Å²) in [4.78, 5) is 16.5. The van der Waals surface area contributed by atoms with Crippen LogP contribution in [0.25, 0.3) is 11.5 Å². The van der Waals surface area contributed by atoms with Crippen molar-refractivity contribution in [3.63, 3.8) is 0 Å². The Morgan fingerprint density at radius 3 is 2.64 bits per heavy atom. The number of nitrogens with zero attached hydrogens (tertiary/aromatic N) is 3. The first kappa shape index (κ1) is 23.9. The second-order valence-electron chi connectivity index (χ2n) is 6.80. The molecule has 0 saturated carbocycles. The Kier molecular flexibility index (Phi) is 8.48. The van der Waals surface area contributed by atoms with E-state index in [1.807, 2.05) is 0 Å². The average molecular weight is 457 g/mol. The molecular formula is C23H24FN3O6. The summed E-state index contributed by atoms with van der Waals surface area (Å²) in [6.07, 6.45) is -0.742. The third kappa shape index (κ3) is 6.84. The van der Waals surface area contributed by atoms with Gasteiger partial charge in [0.1, 0.15) is 24.8 Å². The molecule has 1 aromatic heterocycles. The van der Waals surface area contributed by atoms with Crippen LogP contribution in [0, 0.1) is 5.82 Å². The second kappa shape index (κ2) is 11.7. The van der Waals surface area contributed by atoms with Crippen molar-refractivity contribution in [1.29, 1.82) is 0 Å². The van der Waals surface area contributed by atoms with E-state index in [1.54, 1.807) is 38.1 Å². The van der Waals surface area contributed by atoms with Crippen LogP contribution in [0.1, 0.15) is 25.3 Å². The number of carboxylic acids is 1. The van der Waals surface area contributed by atoms with Crippen LogP contribution in [-0.4, -0.2) is 52.9 Å². The third-order valence-corrected chi connectivity index (χ3v) is 4.41. The van der Waals surface area contributed by atoms with Crippen molar-refractivity contribution in [2.75, 3.05) is 19.8 Å². The number of oxime groups is 1. The molecule has 1 N–H and O–H groups in total. The van der Waals surface area contributed by atoms with Crippen LogP contribution in [0.15, 0.2) is 58.1 Å². The Morgan fingerprint density at radius 1 is 1.15 bits per heavy atom. The minimum atomic E-state index is -1.03. The molecule has 0 amide bonds. The lowest BCUT2D eigenvalue weighted by molar-refractivity contribution is -0.149. The van der Waals surface area contributed by atoms with Crippen molar-refractivity contribution in [2.24, 2.45) is 5.16 Å². The molecule has 0 aliphatic carbocycles. The molecule has 0 spiro atoms. The molecular weight excluding hydrogens is 433 g/mol. The zero-order valence-electron chi connectivity index (χ0n) is 18.2. The van der Waals surface area contributed by atoms with E-state index in [1.165, 1.54) is 24.3 Å². The lowest BCUT2D eigenvalue weighted by atomic mass is 10.1. The average Bonchev–Trinajstić information content (AvgIpc) is 3.29. The SMILES string of the molecule is CCO/N=C(\COc1cccc(CC(OCC)C(=O)O)c1)c1nnc(-c2ccc(F)cc2)o1. The topological polar surface area (TPSA) is 116 Å². The number of rotatable bonds is 12. The van der Waals surface area contributed by atoms with Crippen molar-refractivity contribution < 1.29 is 33.0 Å². The van der Waals surface area contributed by atoms with Gasteiger partial charge in [0.15, 0.2) is 11.8 Å². The van der Waals surface area contributed by atoms with Crippen LogP contribution in [0.5, 0.6) is 5.75 Å². The van der Waals surface area contributed by atoms with Gasteiger partial charge >= 0.3 is 5.97 Å². The first-order valence-corrected chi connectivity index (χ1v) is 10.3. The van der Waals surface area contributed by atoms with Gasteiger partial charge in [0.05, 0.1) is 0 Å². The standard InChI is InChI=1S/C23H24FN3O6/c1-3-30-20(23(28)29)13-15-6-5-7-18(12-15)31-14-19(27-32-4-2)22-26-25-21(33-22)16-8-10-17(24)11-9-16/h5-12,20H,3-4,13-14H2,1-2H3,(H,28,29)/b27-19+. The van der Waals surface area contributed by atoms with E-state index in [0.717, 1.165) is 5.56 Å². The maximum Gasteiger partial charge on any atom is 0.333 e. The minimum Gasteiger partial charge on any atom is -0.487 e. The van der Waals surface area contributed by atoms with Crippen molar-refractivity contribution in [3.8, 4) is 17.2 Å². The van der Waals surface area contributed by atoms with E-state index in [0.29, 0.717) is 24.5 Å². The van der Waals surface area contributed by atoms with Crippen molar-refractivity contribution in [3.05, 3.63) is 65.8 Å². The summed E-state index contributed by atoms with van der Waals surface area (Å²) >= 11 is 0. The number of benzene rings is 2. The summed E-state index contributed by atoms with van der Waals surface area (Å²) in [6, 6.07) is 12.7. The predicted molar refractivity (Wildman–Crippen MR) is 117 cm³/mol. The van der Waals surface area contributed by atoms with Gasteiger partial charge in [-0.2, -0.15) is 0 Å². The zero-order valence-corrected chi connectivity index (χ0v) is 18.2. The summed E-state index contributed by atoms with van der Waals surface area (Å²) in [5.74, 6) is -0.602. The molecule has 1 atom stereocenters. The van der Waals surface area contributed by atoms with Gasteiger partial charge in [0.2, 0.25) is 5.89 Å². The molecule has 9 nitrogen and oxygen atoms in total. The summed E-state index contributed by atoms with van der Waals surface area (Å²) in [5.41, 5.74) is 1.57. The summed E-state index contributed by atoms with van der Waals surface area (Å²) in [7, 11) is 0. The lowest BCUT2D eigenvalue weighted by Gasteiger charge is -2.13. The van der Waals surface area contributed by atoms with Gasteiger partial charge in [0.25, 0.3) is 5.89 Å². The van der Waals surface area contributed by atoms with Crippen LogP contribution in [-0.2, 0) is 20.8 Å². The number of hydrogen-bond donors (Lipinski definition) is 1. The number of carboxylic acid groups (broad SMARTS) is 1. The van der Waals surface area contributed by atoms with E-state index >= 15 is 0 Å². The molecule has 0 radical (unpaired) electrons. The van der Waals surface area contributed by atoms with Crippen LogP contribution in [0.4, 0.5) is 4.39 Å². The molecule has 1 unspecified atom stereocenters. The summed E-state index contributed by atoms with van der Waals surface area (Å²) < 4.78 is 29.9. The molecule has 174 valence electrons. The highest BCUT2D eigenvalue weighted by Gasteiger charge is 2.19. The molecule has 0 bridgehead atoms. The summed E-state index contributed by atoms with van der Waals surface area (Å²) in [5, 5.41) is 21.3. The number of ether oxygens (including phenoxy) is 2. The number of hydrogen-bond acceptors (Lipinski definition) is 8. The van der Waals surface area contributed by atoms with Crippen LogP contribution >= 0.6 is 0 Å². The first-order chi connectivity index (χ1) is 16.0. The fraction of sp³-hybridized carbons (Fsp3) is 0.304. The largest absolute Gasteiger partial charge is 0.487 e. The normalized spacial score (nSPS) is 12.4. The minimum absolute atomic E-state index is 0.0394. The molecule has 0 aliphatic rings. The van der Waals surface area contributed by atoms with E-state index < -0.39 is 12.1 Å². The molecule has 0 fully saturated rings. The van der Waals surface area contributed by atoms with E-state index in [2.05, 4.69) is 15.4 Å². The molecule has 1 heterocycles. The van der Waals surface area contributed by atoms with Crippen molar-refractivity contribution in [2.45, 2.75) is 26.4 Å². The maximum atomic E-state index is 13.2. The van der Waals surface area contributed by atoms with Crippen molar-refractivity contribution in [1.82, 2.24) is 10.2 Å². The number of aromatic nitrogens is 2. The molecule has 10 heteroatoms. The molecule has 0 aliphatic heterocycles. The smallest absolute Gasteiger partial charge is 0.333 e.